The van der Waals surface area contributed by atoms with Gasteiger partial charge in [0, 0.05) is 20.1 Å². The smallest absolute Gasteiger partial charge is 0.239 e. The van der Waals surface area contributed by atoms with Crippen LogP contribution < -0.4 is 20.7 Å². The molecule has 3 N–H and O–H groups in total. The quantitative estimate of drug-likeness (QED) is 0.257. The largest absolute Gasteiger partial charge is 0.497 e. The van der Waals surface area contributed by atoms with E-state index in [2.05, 4.69) is 25.8 Å². The molecule has 0 bridgehead atoms. The van der Waals surface area contributed by atoms with Gasteiger partial charge in [-0.25, -0.2) is 0 Å². The fourth-order valence-corrected chi connectivity index (χ4v) is 3.53. The highest BCUT2D eigenvalue weighted by molar-refractivity contribution is 14.0. The SMILES string of the molecule is CN=C(NCC(=O)NCc1ccc(OC)cc1)NCC(c1ccco1)N1CCCC1.I. The lowest BCUT2D eigenvalue weighted by Gasteiger charge is -2.26. The van der Waals surface area contributed by atoms with Crippen molar-refractivity contribution in [2.45, 2.75) is 25.4 Å². The maximum Gasteiger partial charge on any atom is 0.239 e. The minimum Gasteiger partial charge on any atom is -0.497 e. The number of nitrogens with zero attached hydrogens (tertiary/aromatic N) is 2. The molecule has 0 saturated carbocycles. The lowest BCUT2D eigenvalue weighted by Crippen LogP contribution is -2.45. The molecule has 1 amide bonds. The first-order chi connectivity index (χ1) is 14.7. The van der Waals surface area contributed by atoms with Crippen LogP contribution in [0.25, 0.3) is 0 Å². The number of guanidine groups is 1. The number of amides is 1. The maximum atomic E-state index is 12.2. The van der Waals surface area contributed by atoms with E-state index in [9.17, 15) is 4.79 Å². The predicted octanol–water partition coefficient (Wildman–Crippen LogP) is 2.52. The zero-order chi connectivity index (χ0) is 21.2. The number of carbonyl (C=O) groups is 1. The summed E-state index contributed by atoms with van der Waals surface area (Å²) in [5, 5.41) is 9.29. The van der Waals surface area contributed by atoms with Crippen LogP contribution in [0, 0.1) is 0 Å². The van der Waals surface area contributed by atoms with Gasteiger partial charge in [-0.05, 0) is 55.8 Å². The highest BCUT2D eigenvalue weighted by Crippen LogP contribution is 2.24. The number of rotatable bonds is 9. The van der Waals surface area contributed by atoms with E-state index in [0.717, 1.165) is 30.2 Å². The molecule has 9 heteroatoms. The number of hydrogen-bond donors (Lipinski definition) is 3. The van der Waals surface area contributed by atoms with Gasteiger partial charge in [-0.15, -0.1) is 24.0 Å². The highest BCUT2D eigenvalue weighted by atomic mass is 127. The van der Waals surface area contributed by atoms with Gasteiger partial charge < -0.3 is 25.1 Å². The van der Waals surface area contributed by atoms with Crippen molar-refractivity contribution in [1.82, 2.24) is 20.9 Å². The van der Waals surface area contributed by atoms with Gasteiger partial charge in [0.25, 0.3) is 0 Å². The van der Waals surface area contributed by atoms with Gasteiger partial charge in [0.15, 0.2) is 5.96 Å². The average Bonchev–Trinajstić information content (AvgIpc) is 3.50. The summed E-state index contributed by atoms with van der Waals surface area (Å²) in [6, 6.07) is 11.7. The van der Waals surface area contributed by atoms with Crippen molar-refractivity contribution in [3.05, 3.63) is 54.0 Å². The molecule has 2 aromatic rings. The van der Waals surface area contributed by atoms with Gasteiger partial charge in [0.2, 0.25) is 5.91 Å². The minimum atomic E-state index is -0.101. The molecule has 8 nitrogen and oxygen atoms in total. The molecule has 0 spiro atoms. The van der Waals surface area contributed by atoms with E-state index < -0.39 is 0 Å². The Morgan fingerprint density at radius 2 is 1.90 bits per heavy atom. The zero-order valence-electron chi connectivity index (χ0n) is 18.1. The first-order valence-corrected chi connectivity index (χ1v) is 10.3. The Bertz CT molecular complexity index is 805. The van der Waals surface area contributed by atoms with Crippen LogP contribution in [-0.2, 0) is 11.3 Å². The van der Waals surface area contributed by atoms with E-state index in [1.165, 1.54) is 12.8 Å². The van der Waals surface area contributed by atoms with E-state index in [-0.39, 0.29) is 42.5 Å². The monoisotopic (exact) mass is 541 g/mol. The molecule has 1 aromatic carbocycles. The Kier molecular flexibility index (Phi) is 10.6. The number of nitrogens with one attached hydrogen (secondary N) is 3. The van der Waals surface area contributed by atoms with Gasteiger partial charge in [-0.2, -0.15) is 0 Å². The Morgan fingerprint density at radius 1 is 1.16 bits per heavy atom. The van der Waals surface area contributed by atoms with Crippen LogP contribution in [-0.4, -0.2) is 57.1 Å². The van der Waals surface area contributed by atoms with Gasteiger partial charge >= 0.3 is 0 Å². The molecule has 31 heavy (non-hydrogen) atoms. The molecule has 170 valence electrons. The molecular weight excluding hydrogens is 509 g/mol. The molecule has 1 aliphatic rings. The van der Waals surface area contributed by atoms with Gasteiger partial charge in [0.1, 0.15) is 11.5 Å². The summed E-state index contributed by atoms with van der Waals surface area (Å²) in [6.07, 6.45) is 4.12. The summed E-state index contributed by atoms with van der Waals surface area (Å²) in [5.41, 5.74) is 1.01. The predicted molar refractivity (Wildman–Crippen MR) is 132 cm³/mol. The summed E-state index contributed by atoms with van der Waals surface area (Å²) in [5.74, 6) is 2.22. The molecule has 1 saturated heterocycles. The lowest BCUT2D eigenvalue weighted by atomic mass is 10.2. The second-order valence-corrected chi connectivity index (χ2v) is 7.21. The second-order valence-electron chi connectivity index (χ2n) is 7.21. The van der Waals surface area contributed by atoms with Crippen LogP contribution in [0.4, 0.5) is 0 Å². The number of aliphatic imine (C=N–C) groups is 1. The van der Waals surface area contributed by atoms with E-state index in [1.807, 2.05) is 36.4 Å². The Balaban J connectivity index is 0.00000341. The third kappa shape index (κ3) is 7.73. The Morgan fingerprint density at radius 3 is 2.52 bits per heavy atom. The topological polar surface area (TPSA) is 91.1 Å². The molecule has 1 aliphatic heterocycles. The van der Waals surface area contributed by atoms with Crippen LogP contribution >= 0.6 is 24.0 Å². The number of ether oxygens (including phenoxy) is 1. The van der Waals surface area contributed by atoms with Crippen molar-refractivity contribution in [3.63, 3.8) is 0 Å². The van der Waals surface area contributed by atoms with Crippen molar-refractivity contribution in [3.8, 4) is 5.75 Å². The summed E-state index contributed by atoms with van der Waals surface area (Å²) in [4.78, 5) is 18.8. The number of furan rings is 1. The number of halogens is 1. The fraction of sp³-hybridized carbons (Fsp3) is 0.455. The molecule has 0 radical (unpaired) electrons. The van der Waals surface area contributed by atoms with Crippen LogP contribution in [0.2, 0.25) is 0 Å². The Labute approximate surface area is 200 Å². The molecule has 1 fully saturated rings. The summed E-state index contributed by atoms with van der Waals surface area (Å²) >= 11 is 0. The molecule has 1 unspecified atom stereocenters. The summed E-state index contributed by atoms with van der Waals surface area (Å²) in [6.45, 7) is 3.39. The first kappa shape index (κ1) is 25.0. The summed E-state index contributed by atoms with van der Waals surface area (Å²) < 4.78 is 10.8. The maximum absolute atomic E-state index is 12.2. The van der Waals surface area contributed by atoms with Gasteiger partial charge in [-0.1, -0.05) is 12.1 Å². The van der Waals surface area contributed by atoms with E-state index in [4.69, 9.17) is 9.15 Å². The number of methoxy groups -OCH3 is 1. The average molecular weight is 541 g/mol. The number of benzene rings is 1. The van der Waals surface area contributed by atoms with Crippen molar-refractivity contribution >= 4 is 35.8 Å². The first-order valence-electron chi connectivity index (χ1n) is 10.3. The molecule has 2 heterocycles. The van der Waals surface area contributed by atoms with Crippen molar-refractivity contribution in [2.75, 3.05) is 40.3 Å². The van der Waals surface area contributed by atoms with Crippen molar-refractivity contribution in [1.29, 1.82) is 0 Å². The molecule has 1 aromatic heterocycles. The number of likely N-dealkylation sites (tertiary alicyclic amines) is 1. The van der Waals surface area contributed by atoms with Crippen LogP contribution in [0.5, 0.6) is 5.75 Å². The van der Waals surface area contributed by atoms with Crippen LogP contribution in [0.1, 0.15) is 30.2 Å². The number of hydrogen-bond acceptors (Lipinski definition) is 5. The van der Waals surface area contributed by atoms with Gasteiger partial charge in [-0.3, -0.25) is 14.7 Å². The normalized spacial score (nSPS) is 15.1. The zero-order valence-corrected chi connectivity index (χ0v) is 20.4. The van der Waals surface area contributed by atoms with Crippen molar-refractivity contribution in [2.24, 2.45) is 4.99 Å². The third-order valence-electron chi connectivity index (χ3n) is 5.20. The van der Waals surface area contributed by atoms with Crippen molar-refractivity contribution < 1.29 is 13.9 Å². The Hall–Kier alpha value is -2.27. The molecular formula is C22H32IN5O3. The molecule has 1 atom stereocenters. The fourth-order valence-electron chi connectivity index (χ4n) is 3.53. The molecule has 0 aliphatic carbocycles. The standard InChI is InChI=1S/C22H31N5O3.HI/c1-23-22(25-15-19(20-6-5-13-30-20)27-11-3-4-12-27)26-16-21(28)24-14-17-7-9-18(29-2)10-8-17;/h5-10,13,19H,3-4,11-12,14-16H2,1-2H3,(H,24,28)(H2,23,25,26);1H. The number of carbonyl (C=O) groups excluding carboxylic acids is 1. The molecule has 3 rings (SSSR count). The van der Waals surface area contributed by atoms with E-state index in [1.54, 1.807) is 20.4 Å². The van der Waals surface area contributed by atoms with Gasteiger partial charge in [0.05, 0.1) is 26.0 Å². The lowest BCUT2D eigenvalue weighted by molar-refractivity contribution is -0.120. The second kappa shape index (κ2) is 13.2. The summed E-state index contributed by atoms with van der Waals surface area (Å²) in [7, 11) is 3.33. The van der Waals surface area contributed by atoms with Crippen LogP contribution in [0.15, 0.2) is 52.1 Å². The minimum absolute atomic E-state index is 0. The van der Waals surface area contributed by atoms with E-state index >= 15 is 0 Å². The third-order valence-corrected chi connectivity index (χ3v) is 5.20. The highest BCUT2D eigenvalue weighted by Gasteiger charge is 2.25. The van der Waals surface area contributed by atoms with E-state index in [0.29, 0.717) is 19.0 Å². The van der Waals surface area contributed by atoms with Crippen LogP contribution in [0.3, 0.4) is 0 Å².